The Balaban J connectivity index is 2.53. The second-order valence-electron chi connectivity index (χ2n) is 14.7. The molecule has 0 aliphatic heterocycles. The maximum Gasteiger partial charge on any atom is 0.192 e. The van der Waals surface area contributed by atoms with Gasteiger partial charge in [-0.25, -0.2) is 0 Å². The van der Waals surface area contributed by atoms with E-state index in [0.717, 1.165) is 42.7 Å². The van der Waals surface area contributed by atoms with E-state index in [1.165, 1.54) is 0 Å². The van der Waals surface area contributed by atoms with Crippen molar-refractivity contribution >= 4 is 34.4 Å². The third-order valence-electron chi connectivity index (χ3n) is 9.56. The first-order chi connectivity index (χ1) is 18.4. The third-order valence-corrected chi connectivity index (χ3v) is 22.2. The largest absolute Gasteiger partial charge is 0.414 e. The lowest BCUT2D eigenvalue weighted by Gasteiger charge is -2.43. The zero-order valence-corrected chi connectivity index (χ0v) is 30.6. The monoisotopic (exact) mass is 602 g/mol. The van der Waals surface area contributed by atoms with Gasteiger partial charge in [-0.3, -0.25) is 0 Å². The van der Waals surface area contributed by atoms with Gasteiger partial charge in [-0.15, -0.1) is 0 Å². The van der Waals surface area contributed by atoms with Gasteiger partial charge in [0.1, 0.15) is 7.14 Å². The molecule has 6 heteroatoms. The van der Waals surface area contributed by atoms with Gasteiger partial charge in [-0.05, 0) is 55.5 Å². The Kier molecular flexibility index (Phi) is 12.3. The first kappa shape index (κ1) is 35.2. The molecule has 0 N–H and O–H groups in total. The highest BCUT2D eigenvalue weighted by Crippen LogP contribution is 2.52. The van der Waals surface area contributed by atoms with E-state index in [2.05, 4.69) is 81.6 Å². The summed E-state index contributed by atoms with van der Waals surface area (Å²) in [5.74, 6) is 0. The average molecular weight is 603 g/mol. The van der Waals surface area contributed by atoms with Gasteiger partial charge in [0, 0.05) is 22.4 Å². The fraction of sp³-hybridized carbons (Fsp3) is 0.647. The summed E-state index contributed by atoms with van der Waals surface area (Å²) < 4.78 is 29.6. The van der Waals surface area contributed by atoms with Gasteiger partial charge < -0.3 is 13.4 Å². The van der Waals surface area contributed by atoms with E-state index in [0.29, 0.717) is 0 Å². The first-order valence-corrected chi connectivity index (χ1v) is 23.0. The van der Waals surface area contributed by atoms with Crippen molar-refractivity contribution in [1.82, 2.24) is 0 Å². The molecular formula is C34H59O3PSi2. The molecule has 0 radical (unpaired) electrons. The van der Waals surface area contributed by atoms with Crippen LogP contribution in [0.15, 0.2) is 60.7 Å². The predicted octanol–water partition coefficient (Wildman–Crippen LogP) is 10.1. The van der Waals surface area contributed by atoms with E-state index in [4.69, 9.17) is 8.85 Å². The van der Waals surface area contributed by atoms with Crippen LogP contribution in [0.5, 0.6) is 0 Å². The molecule has 2 aromatic rings. The summed E-state index contributed by atoms with van der Waals surface area (Å²) in [5.41, 5.74) is -0.161. The van der Waals surface area contributed by atoms with E-state index < -0.39 is 23.8 Å². The van der Waals surface area contributed by atoms with E-state index >= 15 is 4.57 Å². The highest BCUT2D eigenvalue weighted by Gasteiger charge is 2.45. The second kappa shape index (κ2) is 14.0. The van der Waals surface area contributed by atoms with Gasteiger partial charge in [0.15, 0.2) is 16.6 Å². The lowest BCUT2D eigenvalue weighted by Crippen LogP contribution is -2.48. The Hall–Kier alpha value is -0.976. The Labute approximate surface area is 249 Å². The Morgan fingerprint density at radius 2 is 1.12 bits per heavy atom. The maximum absolute atomic E-state index is 15.4. The highest BCUT2D eigenvalue weighted by atomic mass is 31.2. The normalized spacial score (nSPS) is 16.0. The summed E-state index contributed by atoms with van der Waals surface area (Å²) >= 11 is 0. The van der Waals surface area contributed by atoms with E-state index in [9.17, 15) is 0 Å². The molecule has 0 aliphatic rings. The summed E-state index contributed by atoms with van der Waals surface area (Å²) in [6.07, 6.45) is 5.24. The average Bonchev–Trinajstić information content (AvgIpc) is 2.88. The van der Waals surface area contributed by atoms with Crippen molar-refractivity contribution < 1.29 is 13.4 Å². The van der Waals surface area contributed by atoms with Crippen molar-refractivity contribution in [3.8, 4) is 0 Å². The van der Waals surface area contributed by atoms with Crippen LogP contribution in [0.2, 0.25) is 36.3 Å². The van der Waals surface area contributed by atoms with E-state index in [1.807, 2.05) is 60.7 Å². The molecule has 0 fully saturated rings. The zero-order chi connectivity index (χ0) is 30.4. The molecule has 226 valence electrons. The molecule has 0 bridgehead atoms. The van der Waals surface area contributed by atoms with Crippen molar-refractivity contribution in [1.29, 1.82) is 0 Å². The van der Waals surface area contributed by atoms with Gasteiger partial charge in [-0.2, -0.15) is 0 Å². The molecule has 3 nitrogen and oxygen atoms in total. The minimum Gasteiger partial charge on any atom is -0.414 e. The Morgan fingerprint density at radius 1 is 0.700 bits per heavy atom. The van der Waals surface area contributed by atoms with Crippen molar-refractivity contribution in [3.05, 3.63) is 60.7 Å². The number of benzene rings is 2. The topological polar surface area (TPSA) is 35.5 Å². The minimum absolute atomic E-state index is 0.0632. The molecule has 1 unspecified atom stereocenters. The maximum atomic E-state index is 15.4. The summed E-state index contributed by atoms with van der Waals surface area (Å²) in [6, 6.07) is 20.2. The Morgan fingerprint density at radius 3 is 1.52 bits per heavy atom. The molecule has 0 aromatic heterocycles. The lowest BCUT2D eigenvalue weighted by atomic mass is 10.0. The fourth-order valence-electron chi connectivity index (χ4n) is 4.74. The molecule has 40 heavy (non-hydrogen) atoms. The van der Waals surface area contributed by atoms with Crippen molar-refractivity contribution in [2.24, 2.45) is 0 Å². The zero-order valence-electron chi connectivity index (χ0n) is 27.7. The van der Waals surface area contributed by atoms with E-state index in [1.54, 1.807) is 0 Å². The van der Waals surface area contributed by atoms with Crippen LogP contribution in [0, 0.1) is 0 Å². The van der Waals surface area contributed by atoms with Crippen LogP contribution in [-0.2, 0) is 13.4 Å². The molecule has 2 aromatic carbocycles. The molecule has 2 rings (SSSR count). The van der Waals surface area contributed by atoms with Gasteiger partial charge in [-0.1, -0.05) is 129 Å². The number of hydrogen-bond donors (Lipinski definition) is 0. The standard InChI is InChI=1S/C34H59O3PSi2/c1-13-14-21-29(36-39(9,10)33(3,4)5)26-27-32(37-40(11,12)34(6,7)8)28(2)38(35,30-22-17-15-18-23-30)31-24-19-16-20-25-31/h15-20,22-25,28-29,32H,13-14,21,26-27H2,1-12H3/t28-,29?,32+/m0/s1. The molecule has 0 amide bonds. The second-order valence-corrected chi connectivity index (χ2v) is 27.4. The van der Waals surface area contributed by atoms with Crippen LogP contribution in [0.4, 0.5) is 0 Å². The van der Waals surface area contributed by atoms with Crippen LogP contribution in [0.1, 0.15) is 87.5 Å². The predicted molar refractivity (Wildman–Crippen MR) is 182 cm³/mol. The van der Waals surface area contributed by atoms with Crippen LogP contribution in [0.3, 0.4) is 0 Å². The summed E-state index contributed by atoms with van der Waals surface area (Å²) in [4.78, 5) is 0. The molecular weight excluding hydrogens is 544 g/mol. The van der Waals surface area contributed by atoms with Crippen molar-refractivity contribution in [2.45, 2.75) is 142 Å². The molecule has 0 aliphatic carbocycles. The SMILES string of the molecule is CCCCC(CC[C@@H](O[Si](C)(C)C(C)(C)C)[C@H](C)P(=O)(c1ccccc1)c1ccccc1)O[Si](C)(C)C(C)(C)C. The smallest absolute Gasteiger partial charge is 0.192 e. The van der Waals surface area contributed by atoms with Gasteiger partial charge >= 0.3 is 0 Å². The van der Waals surface area contributed by atoms with Gasteiger partial charge in [0.2, 0.25) is 0 Å². The lowest BCUT2D eigenvalue weighted by molar-refractivity contribution is 0.116. The Bertz CT molecular complexity index is 1030. The summed E-state index contributed by atoms with van der Waals surface area (Å²) in [5, 5.41) is 2.06. The molecule has 3 atom stereocenters. The quantitative estimate of drug-likeness (QED) is 0.159. The van der Waals surface area contributed by atoms with Gasteiger partial charge in [0.25, 0.3) is 0 Å². The molecule has 0 saturated carbocycles. The van der Waals surface area contributed by atoms with Crippen molar-refractivity contribution in [2.75, 3.05) is 0 Å². The van der Waals surface area contributed by atoms with Crippen LogP contribution < -0.4 is 10.6 Å². The van der Waals surface area contributed by atoms with Gasteiger partial charge in [0.05, 0.1) is 6.10 Å². The molecule has 0 spiro atoms. The summed E-state index contributed by atoms with van der Waals surface area (Å²) in [6.45, 7) is 27.6. The molecule has 0 saturated heterocycles. The third kappa shape index (κ3) is 8.77. The molecule has 0 heterocycles. The number of unbranched alkanes of at least 4 members (excludes halogenated alkanes) is 1. The summed E-state index contributed by atoms with van der Waals surface area (Å²) in [7, 11) is -7.05. The fourth-order valence-corrected chi connectivity index (χ4v) is 10.9. The first-order valence-electron chi connectivity index (χ1n) is 15.4. The van der Waals surface area contributed by atoms with E-state index in [-0.39, 0.29) is 27.9 Å². The van der Waals surface area contributed by atoms with Crippen LogP contribution in [0.25, 0.3) is 0 Å². The highest BCUT2D eigenvalue weighted by molar-refractivity contribution is 7.79. The van der Waals surface area contributed by atoms with Crippen LogP contribution in [-0.4, -0.2) is 34.5 Å². The van der Waals surface area contributed by atoms with Crippen molar-refractivity contribution in [3.63, 3.8) is 0 Å². The minimum atomic E-state index is -2.99. The van der Waals surface area contributed by atoms with Crippen LogP contribution >= 0.6 is 7.14 Å². The number of hydrogen-bond acceptors (Lipinski definition) is 3. The number of rotatable bonds is 14.